The second kappa shape index (κ2) is 6.51. The van der Waals surface area contributed by atoms with Gasteiger partial charge >= 0.3 is 0 Å². The van der Waals surface area contributed by atoms with Crippen LogP contribution in [0.2, 0.25) is 0 Å². The van der Waals surface area contributed by atoms with Crippen molar-refractivity contribution in [3.8, 4) is 19.5 Å². The standard InChI is InChI=1S/C23H13N3O4S4/c1-24-10-4-12(18-14-8(6-31-18)20(27)25(2)22(14)29)33-16(10)17-11(24)5-13(34-17)19-15-9(7-32-19)21(28)26(3)23(15)30/h4-7H,1-3H3. The van der Waals surface area contributed by atoms with Crippen molar-refractivity contribution >= 4 is 89.4 Å². The summed E-state index contributed by atoms with van der Waals surface area (Å²) in [5.74, 6) is -1.02. The lowest BCUT2D eigenvalue weighted by Gasteiger charge is -2.05. The Balaban J connectivity index is 1.39. The maximum atomic E-state index is 12.7. The summed E-state index contributed by atoms with van der Waals surface area (Å²) in [4.78, 5) is 55.9. The molecule has 4 amide bonds. The summed E-state index contributed by atoms with van der Waals surface area (Å²) in [6, 6.07) is 4.16. The van der Waals surface area contributed by atoms with Crippen molar-refractivity contribution < 1.29 is 19.2 Å². The van der Waals surface area contributed by atoms with Gasteiger partial charge in [0.05, 0.1) is 52.4 Å². The maximum absolute atomic E-state index is 12.7. The van der Waals surface area contributed by atoms with Gasteiger partial charge in [0.1, 0.15) is 0 Å². The van der Waals surface area contributed by atoms with Gasteiger partial charge in [0.25, 0.3) is 23.6 Å². The first kappa shape index (κ1) is 20.3. The molecule has 0 spiro atoms. The third-order valence-corrected chi connectivity index (χ3v) is 11.2. The molecular weight excluding hydrogens is 511 g/mol. The Labute approximate surface area is 208 Å². The predicted molar refractivity (Wildman–Crippen MR) is 136 cm³/mol. The molecule has 7 rings (SSSR count). The number of thiophene rings is 4. The molecule has 0 aliphatic carbocycles. The average Bonchev–Trinajstić information content (AvgIpc) is 3.65. The molecule has 0 N–H and O–H groups in total. The van der Waals surface area contributed by atoms with Crippen LogP contribution in [0.5, 0.6) is 0 Å². The number of hydrogen-bond acceptors (Lipinski definition) is 8. The summed E-state index contributed by atoms with van der Waals surface area (Å²) in [5, 5.41) is 3.54. The molecule has 34 heavy (non-hydrogen) atoms. The minimum absolute atomic E-state index is 0.254. The Morgan fingerprint density at radius 2 is 1.03 bits per heavy atom. The number of fused-ring (bicyclic) bond motifs is 5. The van der Waals surface area contributed by atoms with E-state index in [0.717, 1.165) is 39.9 Å². The van der Waals surface area contributed by atoms with Gasteiger partial charge in [-0.25, -0.2) is 0 Å². The van der Waals surface area contributed by atoms with E-state index in [1.54, 1.807) is 33.4 Å². The fourth-order valence-electron chi connectivity index (χ4n) is 4.64. The number of aryl methyl sites for hydroxylation is 1. The van der Waals surface area contributed by atoms with E-state index in [1.165, 1.54) is 46.6 Å². The largest absolute Gasteiger partial charge is 0.342 e. The van der Waals surface area contributed by atoms with Crippen molar-refractivity contribution in [1.82, 2.24) is 14.4 Å². The Bertz CT molecular complexity index is 1660. The number of carbonyl (C=O) groups is 4. The maximum Gasteiger partial charge on any atom is 0.262 e. The normalized spacial score (nSPS) is 15.6. The summed E-state index contributed by atoms with van der Waals surface area (Å²) in [6.45, 7) is 0. The van der Waals surface area contributed by atoms with E-state index in [2.05, 4.69) is 16.7 Å². The number of rotatable bonds is 2. The van der Waals surface area contributed by atoms with Crippen molar-refractivity contribution in [2.45, 2.75) is 0 Å². The van der Waals surface area contributed by atoms with E-state index in [1.807, 2.05) is 7.05 Å². The van der Waals surface area contributed by atoms with E-state index in [0.29, 0.717) is 22.3 Å². The van der Waals surface area contributed by atoms with Crippen molar-refractivity contribution in [2.75, 3.05) is 14.1 Å². The zero-order valence-electron chi connectivity index (χ0n) is 17.9. The Morgan fingerprint density at radius 1 is 0.618 bits per heavy atom. The Kier molecular flexibility index (Phi) is 3.88. The monoisotopic (exact) mass is 523 g/mol. The van der Waals surface area contributed by atoms with E-state index in [-0.39, 0.29) is 23.6 Å². The van der Waals surface area contributed by atoms with Gasteiger partial charge in [-0.2, -0.15) is 0 Å². The second-order valence-corrected chi connectivity index (χ2v) is 12.1. The number of hydrogen-bond donors (Lipinski definition) is 0. The number of amides is 4. The molecule has 0 radical (unpaired) electrons. The third kappa shape index (κ3) is 2.30. The van der Waals surface area contributed by atoms with Crippen LogP contribution in [-0.2, 0) is 7.05 Å². The molecule has 2 aliphatic rings. The summed E-state index contributed by atoms with van der Waals surface area (Å²) < 4.78 is 4.32. The summed E-state index contributed by atoms with van der Waals surface area (Å²) >= 11 is 6.06. The lowest BCUT2D eigenvalue weighted by Crippen LogP contribution is -2.24. The van der Waals surface area contributed by atoms with Crippen LogP contribution < -0.4 is 0 Å². The first-order valence-corrected chi connectivity index (χ1v) is 13.6. The van der Waals surface area contributed by atoms with E-state index >= 15 is 0 Å². The van der Waals surface area contributed by atoms with Crippen molar-refractivity contribution in [3.05, 3.63) is 45.1 Å². The minimum Gasteiger partial charge on any atom is -0.342 e. The molecule has 0 saturated heterocycles. The fraction of sp³-hybridized carbons (Fsp3) is 0.130. The number of carbonyl (C=O) groups excluding carboxylic acids is 4. The van der Waals surface area contributed by atoms with Gasteiger partial charge in [-0.1, -0.05) is 0 Å². The summed E-state index contributed by atoms with van der Waals surface area (Å²) in [6.07, 6.45) is 0. The molecule has 0 aromatic carbocycles. The number of aromatic nitrogens is 1. The van der Waals surface area contributed by atoms with Crippen LogP contribution in [0.4, 0.5) is 0 Å². The molecule has 0 bridgehead atoms. The molecule has 11 heteroatoms. The van der Waals surface area contributed by atoms with Gasteiger partial charge in [0.15, 0.2) is 0 Å². The highest BCUT2D eigenvalue weighted by Gasteiger charge is 2.38. The minimum atomic E-state index is -0.256. The van der Waals surface area contributed by atoms with Gasteiger partial charge in [-0.3, -0.25) is 29.0 Å². The topological polar surface area (TPSA) is 79.7 Å². The van der Waals surface area contributed by atoms with Gasteiger partial charge in [-0.15, -0.1) is 45.3 Å². The van der Waals surface area contributed by atoms with Gasteiger partial charge in [0, 0.05) is 41.7 Å². The number of imide groups is 2. The highest BCUT2D eigenvalue weighted by Crippen LogP contribution is 2.49. The fourth-order valence-corrected chi connectivity index (χ4v) is 9.48. The molecule has 0 saturated carbocycles. The van der Waals surface area contributed by atoms with Crippen molar-refractivity contribution in [2.24, 2.45) is 7.05 Å². The third-order valence-electron chi connectivity index (χ3n) is 6.49. The molecule has 5 aromatic heterocycles. The molecule has 5 aromatic rings. The van der Waals surface area contributed by atoms with E-state index < -0.39 is 0 Å². The molecular formula is C23H13N3O4S4. The zero-order valence-corrected chi connectivity index (χ0v) is 21.2. The molecule has 2 aliphatic heterocycles. The van der Waals surface area contributed by atoms with Gasteiger partial charge < -0.3 is 4.57 Å². The molecule has 168 valence electrons. The van der Waals surface area contributed by atoms with E-state index in [4.69, 9.17) is 0 Å². The van der Waals surface area contributed by atoms with Gasteiger partial charge in [0.2, 0.25) is 0 Å². The van der Waals surface area contributed by atoms with Crippen LogP contribution in [-0.4, -0.2) is 52.1 Å². The molecule has 7 heterocycles. The average molecular weight is 524 g/mol. The lowest BCUT2D eigenvalue weighted by molar-refractivity contribution is 0.0678. The van der Waals surface area contributed by atoms with Crippen LogP contribution in [0.1, 0.15) is 41.4 Å². The highest BCUT2D eigenvalue weighted by molar-refractivity contribution is 7.32. The summed E-state index contributed by atoms with van der Waals surface area (Å²) in [7, 11) is 5.02. The number of nitrogens with zero attached hydrogens (tertiary/aromatic N) is 3. The van der Waals surface area contributed by atoms with Crippen molar-refractivity contribution in [1.29, 1.82) is 0 Å². The smallest absolute Gasteiger partial charge is 0.262 e. The zero-order chi connectivity index (χ0) is 23.6. The Morgan fingerprint density at radius 3 is 1.44 bits per heavy atom. The first-order valence-electron chi connectivity index (χ1n) is 10.2. The van der Waals surface area contributed by atoms with Crippen LogP contribution in [0.25, 0.3) is 39.9 Å². The molecule has 0 atom stereocenters. The quantitative estimate of drug-likeness (QED) is 0.292. The van der Waals surface area contributed by atoms with E-state index in [9.17, 15) is 19.2 Å². The Hall–Kier alpha value is -3.12. The lowest BCUT2D eigenvalue weighted by atomic mass is 10.1. The van der Waals surface area contributed by atoms with Crippen LogP contribution in [0, 0.1) is 0 Å². The predicted octanol–water partition coefficient (Wildman–Crippen LogP) is 5.36. The second-order valence-electron chi connectivity index (χ2n) is 8.25. The molecule has 0 unspecified atom stereocenters. The highest BCUT2D eigenvalue weighted by atomic mass is 32.1. The van der Waals surface area contributed by atoms with Crippen LogP contribution >= 0.6 is 45.3 Å². The SMILES string of the molecule is CN1C(=O)c2csc(-c3cc4c(s3)c3sc(-c5scc6c5C(=O)N(C)C6=O)cc3n4C)c2C1=O. The molecule has 0 fully saturated rings. The van der Waals surface area contributed by atoms with Crippen molar-refractivity contribution in [3.63, 3.8) is 0 Å². The van der Waals surface area contributed by atoms with Crippen LogP contribution in [0.15, 0.2) is 22.9 Å². The molecule has 7 nitrogen and oxygen atoms in total. The first-order chi connectivity index (χ1) is 16.3. The van der Waals surface area contributed by atoms with Crippen LogP contribution in [0.3, 0.4) is 0 Å². The van der Waals surface area contributed by atoms with Gasteiger partial charge in [-0.05, 0) is 12.1 Å². The summed E-state index contributed by atoms with van der Waals surface area (Å²) in [5.41, 5.74) is 4.06.